The molecule has 1 aromatic carbocycles. The number of rotatable bonds is 4. The molecular weight excluding hydrogens is 316 g/mol. The van der Waals surface area contributed by atoms with Crippen molar-refractivity contribution < 1.29 is 14.3 Å². The van der Waals surface area contributed by atoms with Crippen LogP contribution in [-0.2, 0) is 28.9 Å². The van der Waals surface area contributed by atoms with Crippen molar-refractivity contribution in [3.63, 3.8) is 0 Å². The molecule has 1 aliphatic heterocycles. The number of ether oxygens (including phenoxy) is 2. The molecule has 0 aromatic heterocycles. The predicted molar refractivity (Wildman–Crippen MR) is 95.7 cm³/mol. The van der Waals surface area contributed by atoms with E-state index in [4.69, 9.17) is 9.47 Å². The number of methoxy groups -OCH3 is 1. The van der Waals surface area contributed by atoms with Crippen molar-refractivity contribution in [3.05, 3.63) is 28.8 Å². The van der Waals surface area contributed by atoms with Crippen molar-refractivity contribution in [1.82, 2.24) is 10.6 Å². The summed E-state index contributed by atoms with van der Waals surface area (Å²) in [6, 6.07) is 4.69. The molecule has 3 atom stereocenters. The molecule has 5 nitrogen and oxygen atoms in total. The van der Waals surface area contributed by atoms with Crippen molar-refractivity contribution in [2.75, 3.05) is 20.3 Å². The zero-order chi connectivity index (χ0) is 17.2. The lowest BCUT2D eigenvalue weighted by Gasteiger charge is -2.39. The zero-order valence-corrected chi connectivity index (χ0v) is 15.0. The minimum Gasteiger partial charge on any atom is -0.496 e. The van der Waals surface area contributed by atoms with Crippen molar-refractivity contribution in [2.24, 2.45) is 5.92 Å². The molecule has 5 heteroatoms. The van der Waals surface area contributed by atoms with E-state index < -0.39 is 0 Å². The Balaban J connectivity index is 1.37. The summed E-state index contributed by atoms with van der Waals surface area (Å²) in [6.45, 7) is 2.22. The van der Waals surface area contributed by atoms with Crippen LogP contribution in [0.4, 0.5) is 0 Å². The molecule has 2 aliphatic carbocycles. The number of aryl methyl sites for hydroxylation is 2. The molecule has 1 heterocycles. The van der Waals surface area contributed by atoms with Crippen molar-refractivity contribution in [3.8, 4) is 5.75 Å². The average Bonchev–Trinajstić information content (AvgIpc) is 3.12. The molecule has 136 valence electrons. The summed E-state index contributed by atoms with van der Waals surface area (Å²) in [5.41, 5.74) is 3.90. The molecule has 1 saturated heterocycles. The fourth-order valence-electron chi connectivity index (χ4n) is 4.56. The Kier molecular flexibility index (Phi) is 4.95. The summed E-state index contributed by atoms with van der Waals surface area (Å²) >= 11 is 0. The lowest BCUT2D eigenvalue weighted by atomic mass is 9.82. The van der Waals surface area contributed by atoms with E-state index in [1.54, 1.807) is 7.11 Å². The lowest BCUT2D eigenvalue weighted by molar-refractivity contribution is -0.128. The highest BCUT2D eigenvalue weighted by molar-refractivity contribution is 5.79. The topological polar surface area (TPSA) is 59.6 Å². The van der Waals surface area contributed by atoms with E-state index in [1.807, 2.05) is 0 Å². The van der Waals surface area contributed by atoms with Crippen LogP contribution in [0.1, 0.15) is 42.4 Å². The van der Waals surface area contributed by atoms with E-state index in [0.29, 0.717) is 12.6 Å². The molecule has 0 radical (unpaired) electrons. The van der Waals surface area contributed by atoms with Crippen molar-refractivity contribution in [1.29, 1.82) is 0 Å². The van der Waals surface area contributed by atoms with Gasteiger partial charge in [-0.1, -0.05) is 6.07 Å². The van der Waals surface area contributed by atoms with Crippen LogP contribution in [0.15, 0.2) is 12.1 Å². The highest BCUT2D eigenvalue weighted by atomic mass is 16.5. The maximum absolute atomic E-state index is 12.7. The van der Waals surface area contributed by atoms with Gasteiger partial charge in [-0.15, -0.1) is 0 Å². The number of amides is 1. The summed E-state index contributed by atoms with van der Waals surface area (Å²) in [5.74, 6) is 1.14. The van der Waals surface area contributed by atoms with Crippen LogP contribution in [0.5, 0.6) is 5.75 Å². The zero-order valence-electron chi connectivity index (χ0n) is 15.0. The number of nitrogens with one attached hydrogen (secondary N) is 2. The molecule has 0 bridgehead atoms. The van der Waals surface area contributed by atoms with Crippen LogP contribution >= 0.6 is 0 Å². The average molecular weight is 344 g/mol. The summed E-state index contributed by atoms with van der Waals surface area (Å²) in [4.78, 5) is 12.7. The Bertz CT molecular complexity index is 646. The maximum Gasteiger partial charge on any atom is 0.223 e. The lowest BCUT2D eigenvalue weighted by Crippen LogP contribution is -2.53. The Morgan fingerprint density at radius 1 is 1.32 bits per heavy atom. The quantitative estimate of drug-likeness (QED) is 0.877. The second kappa shape index (κ2) is 7.34. The number of carbonyl (C=O) groups is 1. The SMILES string of the molecule is COc1cc2c(cc1CNC(=O)[C@H]1CC[C@H]3OCCN[C@@H]3C1)CCC2. The number of carbonyl (C=O) groups excluding carboxylic acids is 1. The largest absolute Gasteiger partial charge is 0.496 e. The second-order valence-corrected chi connectivity index (χ2v) is 7.48. The molecule has 3 aliphatic rings. The standard InChI is InChI=1S/C20H28N2O3/c1-24-19-11-14-4-2-3-13(14)9-16(19)12-22-20(23)15-5-6-18-17(10-15)21-7-8-25-18/h9,11,15,17-18,21H,2-8,10,12H2,1H3,(H,22,23)/t15-,17+,18+/m0/s1. The van der Waals surface area contributed by atoms with Gasteiger partial charge in [-0.2, -0.15) is 0 Å². The van der Waals surface area contributed by atoms with E-state index in [0.717, 1.165) is 56.6 Å². The Morgan fingerprint density at radius 2 is 2.16 bits per heavy atom. The fraction of sp³-hybridized carbons (Fsp3) is 0.650. The molecule has 0 unspecified atom stereocenters. The molecule has 1 saturated carbocycles. The van der Waals surface area contributed by atoms with Crippen LogP contribution < -0.4 is 15.4 Å². The monoisotopic (exact) mass is 344 g/mol. The Morgan fingerprint density at radius 3 is 3.00 bits per heavy atom. The van der Waals surface area contributed by atoms with E-state index in [1.165, 1.54) is 17.5 Å². The van der Waals surface area contributed by atoms with Gasteiger partial charge in [0, 0.05) is 30.6 Å². The van der Waals surface area contributed by atoms with Crippen LogP contribution in [-0.4, -0.2) is 38.3 Å². The number of benzene rings is 1. The molecular formula is C20H28N2O3. The van der Waals surface area contributed by atoms with Crippen LogP contribution in [0.25, 0.3) is 0 Å². The molecule has 25 heavy (non-hydrogen) atoms. The molecule has 1 aromatic rings. The van der Waals surface area contributed by atoms with Gasteiger partial charge in [0.05, 0.1) is 19.8 Å². The van der Waals surface area contributed by atoms with E-state index >= 15 is 0 Å². The van der Waals surface area contributed by atoms with Gasteiger partial charge in [0.1, 0.15) is 5.75 Å². The minimum absolute atomic E-state index is 0.0795. The van der Waals surface area contributed by atoms with Crippen molar-refractivity contribution >= 4 is 5.91 Å². The summed E-state index contributed by atoms with van der Waals surface area (Å²) in [7, 11) is 1.71. The third-order valence-corrected chi connectivity index (χ3v) is 5.95. The first-order valence-electron chi connectivity index (χ1n) is 9.56. The van der Waals surface area contributed by atoms with Gasteiger partial charge in [-0.25, -0.2) is 0 Å². The summed E-state index contributed by atoms with van der Waals surface area (Å²) in [5, 5.41) is 6.64. The number of fused-ring (bicyclic) bond motifs is 2. The van der Waals surface area contributed by atoms with Crippen LogP contribution in [0.3, 0.4) is 0 Å². The smallest absolute Gasteiger partial charge is 0.223 e. The second-order valence-electron chi connectivity index (χ2n) is 7.48. The highest BCUT2D eigenvalue weighted by Crippen LogP contribution is 2.31. The molecule has 0 spiro atoms. The predicted octanol–water partition coefficient (Wildman–Crippen LogP) is 1.96. The first-order valence-corrected chi connectivity index (χ1v) is 9.56. The van der Waals surface area contributed by atoms with Crippen LogP contribution in [0.2, 0.25) is 0 Å². The number of hydrogen-bond donors (Lipinski definition) is 2. The first-order chi connectivity index (χ1) is 12.2. The summed E-state index contributed by atoms with van der Waals surface area (Å²) < 4.78 is 11.3. The van der Waals surface area contributed by atoms with Gasteiger partial charge in [-0.05, 0) is 55.7 Å². The van der Waals surface area contributed by atoms with E-state index in [9.17, 15) is 4.79 Å². The van der Waals surface area contributed by atoms with E-state index in [2.05, 4.69) is 22.8 Å². The van der Waals surface area contributed by atoms with Gasteiger partial charge < -0.3 is 20.1 Å². The third kappa shape index (κ3) is 3.53. The molecule has 2 fully saturated rings. The Labute approximate surface area is 149 Å². The minimum atomic E-state index is 0.0795. The number of hydrogen-bond acceptors (Lipinski definition) is 4. The van der Waals surface area contributed by atoms with Crippen LogP contribution in [0, 0.1) is 5.92 Å². The molecule has 4 rings (SSSR count). The van der Waals surface area contributed by atoms with Gasteiger partial charge in [0.25, 0.3) is 0 Å². The Hall–Kier alpha value is -1.59. The van der Waals surface area contributed by atoms with Crippen molar-refractivity contribution in [2.45, 2.75) is 57.2 Å². The third-order valence-electron chi connectivity index (χ3n) is 5.95. The van der Waals surface area contributed by atoms with Gasteiger partial charge in [0.15, 0.2) is 0 Å². The molecule has 2 N–H and O–H groups in total. The van der Waals surface area contributed by atoms with E-state index in [-0.39, 0.29) is 17.9 Å². The van der Waals surface area contributed by atoms with Gasteiger partial charge in [0.2, 0.25) is 5.91 Å². The van der Waals surface area contributed by atoms with Gasteiger partial charge in [-0.3, -0.25) is 4.79 Å². The highest BCUT2D eigenvalue weighted by Gasteiger charge is 2.35. The molecule has 1 amide bonds. The maximum atomic E-state index is 12.7. The number of morpholine rings is 1. The first kappa shape index (κ1) is 16.9. The normalized spacial score (nSPS) is 28.1. The van der Waals surface area contributed by atoms with Gasteiger partial charge >= 0.3 is 0 Å². The fourth-order valence-corrected chi connectivity index (χ4v) is 4.56. The summed E-state index contributed by atoms with van der Waals surface area (Å²) in [6.07, 6.45) is 6.53.